The van der Waals surface area contributed by atoms with Gasteiger partial charge in [-0.25, -0.2) is 4.79 Å². The van der Waals surface area contributed by atoms with Gasteiger partial charge in [-0.1, -0.05) is 70.2 Å². The summed E-state index contributed by atoms with van der Waals surface area (Å²) in [6.07, 6.45) is 0.979. The molecule has 4 nitrogen and oxygen atoms in total. The largest absolute Gasteiger partial charge is 0.490 e. The van der Waals surface area contributed by atoms with E-state index in [1.54, 1.807) is 12.1 Å². The van der Waals surface area contributed by atoms with Crippen LogP contribution in [0.25, 0.3) is 10.8 Å². The number of hydrogen-bond donors (Lipinski definition) is 1. The molecule has 0 aromatic heterocycles. The fourth-order valence-corrected chi connectivity index (χ4v) is 3.40. The molecule has 0 radical (unpaired) electrons. The van der Waals surface area contributed by atoms with Crippen molar-refractivity contribution in [3.63, 3.8) is 0 Å². The third-order valence-corrected chi connectivity index (χ3v) is 4.96. The molecule has 29 heavy (non-hydrogen) atoms. The molecule has 4 heteroatoms. The molecule has 0 aliphatic rings. The molecule has 0 saturated carbocycles. The van der Waals surface area contributed by atoms with Gasteiger partial charge in [-0.05, 0) is 45.9 Å². The van der Waals surface area contributed by atoms with E-state index in [1.807, 2.05) is 30.3 Å². The van der Waals surface area contributed by atoms with E-state index in [0.717, 1.165) is 23.1 Å². The van der Waals surface area contributed by atoms with Gasteiger partial charge in [0.25, 0.3) is 0 Å². The number of carboxylic acid groups (broad SMARTS) is 1. The van der Waals surface area contributed by atoms with Gasteiger partial charge in [-0.2, -0.15) is 0 Å². The van der Waals surface area contributed by atoms with Gasteiger partial charge < -0.3 is 14.6 Å². The number of carboxylic acids is 1. The summed E-state index contributed by atoms with van der Waals surface area (Å²) in [5.74, 6) is 0.204. The molecule has 0 unspecified atom stereocenters. The minimum atomic E-state index is -0.997. The zero-order valence-electron chi connectivity index (χ0n) is 17.5. The number of fused-ring (bicyclic) bond motifs is 1. The van der Waals surface area contributed by atoms with E-state index in [1.165, 1.54) is 5.56 Å². The van der Waals surface area contributed by atoms with Gasteiger partial charge in [0.05, 0.1) is 0 Å². The van der Waals surface area contributed by atoms with Crippen molar-refractivity contribution in [3.8, 4) is 11.5 Å². The number of rotatable bonds is 7. The SMILES string of the molecule is CCc1ccc(OCCOc2ccc3ccccc3c2C(=O)O)c(C(C)(C)C)c1. The van der Waals surface area contributed by atoms with E-state index in [0.29, 0.717) is 17.7 Å². The molecular formula is C25H28O4. The van der Waals surface area contributed by atoms with Crippen LogP contribution >= 0.6 is 0 Å². The van der Waals surface area contributed by atoms with Crippen molar-refractivity contribution >= 4 is 16.7 Å². The number of benzene rings is 3. The lowest BCUT2D eigenvalue weighted by Crippen LogP contribution is -2.16. The summed E-state index contributed by atoms with van der Waals surface area (Å²) in [6, 6.07) is 17.3. The average Bonchev–Trinajstić information content (AvgIpc) is 2.69. The Hall–Kier alpha value is -3.01. The summed E-state index contributed by atoms with van der Waals surface area (Å²) in [5, 5.41) is 11.2. The number of aromatic carboxylic acids is 1. The zero-order chi connectivity index (χ0) is 21.0. The van der Waals surface area contributed by atoms with Gasteiger partial charge in [0.2, 0.25) is 0 Å². The van der Waals surface area contributed by atoms with Crippen LogP contribution in [0.15, 0.2) is 54.6 Å². The molecule has 0 heterocycles. The summed E-state index contributed by atoms with van der Waals surface area (Å²) < 4.78 is 11.8. The Morgan fingerprint density at radius 1 is 0.931 bits per heavy atom. The van der Waals surface area contributed by atoms with Gasteiger partial charge in [0.15, 0.2) is 0 Å². The monoisotopic (exact) mass is 392 g/mol. The maximum Gasteiger partial charge on any atom is 0.340 e. The van der Waals surface area contributed by atoms with Gasteiger partial charge in [-0.15, -0.1) is 0 Å². The molecule has 3 aromatic carbocycles. The van der Waals surface area contributed by atoms with Crippen molar-refractivity contribution in [1.82, 2.24) is 0 Å². The molecule has 0 aliphatic carbocycles. The fourth-order valence-electron chi connectivity index (χ4n) is 3.40. The highest BCUT2D eigenvalue weighted by Gasteiger charge is 2.20. The van der Waals surface area contributed by atoms with Crippen LogP contribution in [0.3, 0.4) is 0 Å². The lowest BCUT2D eigenvalue weighted by atomic mass is 9.85. The van der Waals surface area contributed by atoms with E-state index < -0.39 is 5.97 Å². The maximum atomic E-state index is 11.8. The third kappa shape index (κ3) is 4.70. The maximum absolute atomic E-state index is 11.8. The smallest absolute Gasteiger partial charge is 0.340 e. The molecular weight excluding hydrogens is 364 g/mol. The molecule has 0 saturated heterocycles. The highest BCUT2D eigenvalue weighted by atomic mass is 16.5. The van der Waals surface area contributed by atoms with Crippen molar-refractivity contribution in [2.75, 3.05) is 13.2 Å². The topological polar surface area (TPSA) is 55.8 Å². The van der Waals surface area contributed by atoms with Crippen LogP contribution < -0.4 is 9.47 Å². The highest BCUT2D eigenvalue weighted by molar-refractivity contribution is 6.06. The standard InChI is InChI=1S/C25H28O4/c1-5-17-10-12-21(20(16-17)25(2,3)4)28-14-15-29-22-13-11-18-8-6-7-9-19(18)23(22)24(26)27/h6-13,16H,5,14-15H2,1-4H3,(H,26,27). The molecule has 0 atom stereocenters. The van der Waals surface area contributed by atoms with Gasteiger partial charge in [0, 0.05) is 0 Å². The van der Waals surface area contributed by atoms with E-state index in [9.17, 15) is 9.90 Å². The summed E-state index contributed by atoms with van der Waals surface area (Å²) in [7, 11) is 0. The van der Waals surface area contributed by atoms with Gasteiger partial charge >= 0.3 is 5.97 Å². The Balaban J connectivity index is 1.73. The van der Waals surface area contributed by atoms with E-state index in [2.05, 4.69) is 39.8 Å². The quantitative estimate of drug-likeness (QED) is 0.512. The third-order valence-electron chi connectivity index (χ3n) is 4.96. The molecule has 0 spiro atoms. The lowest BCUT2D eigenvalue weighted by Gasteiger charge is -2.24. The van der Waals surface area contributed by atoms with Crippen molar-refractivity contribution in [1.29, 1.82) is 0 Å². The Morgan fingerprint density at radius 2 is 1.59 bits per heavy atom. The minimum absolute atomic E-state index is 0.0316. The Morgan fingerprint density at radius 3 is 2.24 bits per heavy atom. The second-order valence-electron chi connectivity index (χ2n) is 8.10. The molecule has 1 N–H and O–H groups in total. The van der Waals surface area contributed by atoms with Crippen LogP contribution in [0.4, 0.5) is 0 Å². The summed E-state index contributed by atoms with van der Waals surface area (Å²) in [5.41, 5.74) is 2.59. The predicted octanol–water partition coefficient (Wildman–Crippen LogP) is 5.86. The van der Waals surface area contributed by atoms with Crippen molar-refractivity contribution < 1.29 is 19.4 Å². The second-order valence-corrected chi connectivity index (χ2v) is 8.10. The summed E-state index contributed by atoms with van der Waals surface area (Å²) in [6.45, 7) is 9.23. The fraction of sp³-hybridized carbons (Fsp3) is 0.320. The normalized spacial score (nSPS) is 11.4. The van der Waals surface area contributed by atoms with E-state index >= 15 is 0 Å². The van der Waals surface area contributed by atoms with Crippen LogP contribution in [-0.2, 0) is 11.8 Å². The second kappa shape index (κ2) is 8.56. The van der Waals surface area contributed by atoms with Crippen molar-refractivity contribution in [2.45, 2.75) is 39.5 Å². The van der Waals surface area contributed by atoms with Crippen LogP contribution in [-0.4, -0.2) is 24.3 Å². The molecule has 0 aliphatic heterocycles. The molecule has 3 rings (SSSR count). The molecule has 0 bridgehead atoms. The molecule has 152 valence electrons. The van der Waals surface area contributed by atoms with E-state index in [4.69, 9.17) is 9.47 Å². The zero-order valence-corrected chi connectivity index (χ0v) is 17.5. The first kappa shape index (κ1) is 20.7. The van der Waals surface area contributed by atoms with Crippen LogP contribution in [0, 0.1) is 0 Å². The van der Waals surface area contributed by atoms with Crippen LogP contribution in [0.1, 0.15) is 49.2 Å². The molecule has 0 fully saturated rings. The lowest BCUT2D eigenvalue weighted by molar-refractivity contribution is 0.0693. The van der Waals surface area contributed by atoms with Gasteiger partial charge in [-0.3, -0.25) is 0 Å². The summed E-state index contributed by atoms with van der Waals surface area (Å²) in [4.78, 5) is 11.8. The molecule has 3 aromatic rings. The molecule has 0 amide bonds. The van der Waals surface area contributed by atoms with E-state index in [-0.39, 0.29) is 17.6 Å². The Kier molecular flexibility index (Phi) is 6.12. The first-order valence-corrected chi connectivity index (χ1v) is 9.95. The average molecular weight is 392 g/mol. The first-order valence-electron chi connectivity index (χ1n) is 9.95. The van der Waals surface area contributed by atoms with Crippen molar-refractivity contribution in [2.24, 2.45) is 0 Å². The van der Waals surface area contributed by atoms with Crippen LogP contribution in [0.5, 0.6) is 11.5 Å². The van der Waals surface area contributed by atoms with Gasteiger partial charge in [0.1, 0.15) is 30.3 Å². The summed E-state index contributed by atoms with van der Waals surface area (Å²) >= 11 is 0. The number of ether oxygens (including phenoxy) is 2. The van der Waals surface area contributed by atoms with Crippen LogP contribution in [0.2, 0.25) is 0 Å². The predicted molar refractivity (Wildman–Crippen MR) is 116 cm³/mol. The van der Waals surface area contributed by atoms with Crippen molar-refractivity contribution in [3.05, 3.63) is 71.3 Å². The number of aryl methyl sites for hydroxylation is 1. The highest BCUT2D eigenvalue weighted by Crippen LogP contribution is 2.33. The minimum Gasteiger partial charge on any atom is -0.490 e. The first-order chi connectivity index (χ1) is 13.8. The Bertz CT molecular complexity index is 1010. The number of hydrogen-bond acceptors (Lipinski definition) is 3. The number of carbonyl (C=O) groups is 1. The Labute approximate surface area is 172 Å².